The van der Waals surface area contributed by atoms with E-state index in [9.17, 15) is 65.1 Å². The Morgan fingerprint density at radius 1 is 0.694 bits per heavy atom. The number of nitrogens with zero attached hydrogens (tertiary/aromatic N) is 1. The number of aromatic hydroxyl groups is 3. The Hall–Kier alpha value is -10.9. The fourth-order valence-corrected chi connectivity index (χ4v) is 15.8. The Kier molecular flexibility index (Phi) is 29.4. The first-order valence-corrected chi connectivity index (χ1v) is 40.3. The number of ether oxygens (including phenoxy) is 7. The molecule has 0 aliphatic carbocycles. The van der Waals surface area contributed by atoms with Gasteiger partial charge in [0.2, 0.25) is 53.4 Å². The number of nitrogens with one attached hydrogen (secondary N) is 10. The van der Waals surface area contributed by atoms with Gasteiger partial charge in [-0.15, -0.1) is 0 Å². The summed E-state index contributed by atoms with van der Waals surface area (Å²) in [5.74, 6) is -16.1. The van der Waals surface area contributed by atoms with E-state index in [4.69, 9.17) is 90.1 Å². The van der Waals surface area contributed by atoms with Crippen LogP contribution >= 0.6 is 46.4 Å². The van der Waals surface area contributed by atoms with E-state index in [2.05, 4.69) is 58.3 Å². The molecule has 7 aliphatic rings. The molecule has 1 aromatic heterocycles. The number of benzene rings is 6. The third kappa shape index (κ3) is 21.0. The second-order valence-electron chi connectivity index (χ2n) is 30.6. The van der Waals surface area contributed by atoms with Crippen LogP contribution in [0.2, 0.25) is 20.1 Å². The molecule has 662 valence electrons. The van der Waals surface area contributed by atoms with Crippen molar-refractivity contribution in [3.05, 3.63) is 175 Å². The van der Waals surface area contributed by atoms with E-state index in [-0.39, 0.29) is 81.6 Å². The highest BCUT2D eigenvalue weighted by molar-refractivity contribution is 6.35. The summed E-state index contributed by atoms with van der Waals surface area (Å²) in [7, 11) is 2.81. The minimum Gasteiger partial charge on any atom is -0.508 e. The molecule has 0 radical (unpaired) electrons. The van der Waals surface area contributed by atoms with Crippen molar-refractivity contribution in [2.45, 2.75) is 163 Å². The molecule has 2 fully saturated rings. The average molecular weight is 1800 g/mol. The van der Waals surface area contributed by atoms with Gasteiger partial charge in [0.15, 0.2) is 23.9 Å². The number of hydrogen-bond donors (Lipinski definition) is 20. The van der Waals surface area contributed by atoms with Gasteiger partial charge in [0.1, 0.15) is 95.5 Å². The molecule has 11 bridgehead atoms. The number of pyridine rings is 1. The monoisotopic (exact) mass is 1800 g/mol. The quantitative estimate of drug-likeness (QED) is 0.0341. The van der Waals surface area contributed by atoms with Crippen LogP contribution in [0.3, 0.4) is 0 Å². The second-order valence-corrected chi connectivity index (χ2v) is 32.3. The Balaban J connectivity index is 1.03. The summed E-state index contributed by atoms with van der Waals surface area (Å²) >= 11 is 26.8. The number of fused-ring (bicyclic) bond motifs is 15. The zero-order valence-corrected chi connectivity index (χ0v) is 69.8. The van der Waals surface area contributed by atoms with Gasteiger partial charge in [-0.1, -0.05) is 78.5 Å². The number of primary amides is 1. The highest BCUT2D eigenvalue weighted by Crippen LogP contribution is 2.50. The number of hydrogen-bond acceptors (Lipinski definition) is 29. The molecular weight excluding hydrogens is 1710 g/mol. The summed E-state index contributed by atoms with van der Waals surface area (Å²) in [5.41, 5.74) is 4.76. The number of nitrogens with two attached hydrogens (primary N) is 1. The van der Waals surface area contributed by atoms with Gasteiger partial charge in [0.25, 0.3) is 11.8 Å². The van der Waals surface area contributed by atoms with Gasteiger partial charge in [-0.3, -0.25) is 53.0 Å². The standard InChI is InChI=1S/C82H90Cl4N12O26/c1-33(2)15-49(88-5)74(110)96-64-66(104)37-8-11-53(47(85)18-37)120-55-20-39-21-56(70(55)124-81-71(69(107)68(106)57(32-99)122-81)123-59-28-82(4,72(108)34(3)119-59)90-30-35-16-40(31-89-29-35)73(109)91-43-23-41(83)22-42(84)24-43)121-54-12-9-38(19-48(54)86)67(105)65-79(115)95-63(80(116)98-118-14-13-117-6)46-25-44(100)26-52(102)60(46)45-17-36(7-10-51(45)101)61(76(112)97-65)94-77(113)62(39)93-75(111)50(27-58(87)103)92-78(64)114/h7-12,16-26,29,31,33-34,49-50,57,59,61-69,71-72,81,88,90,99-102,104-108H,13-15,27-28,30,32H2,1-6H3,(H2,87,103)(H,91,109)(H,92,114)(H,93,111)(H,94,113)(H,95,115)(H,96,110)(H,97,112)(H,98,116). The molecule has 8 heterocycles. The van der Waals surface area contributed by atoms with Gasteiger partial charge in [0, 0.05) is 70.9 Å². The maximum Gasteiger partial charge on any atom is 0.270 e. The summed E-state index contributed by atoms with van der Waals surface area (Å²) in [6.45, 7) is 5.36. The largest absolute Gasteiger partial charge is 0.508 e. The minimum atomic E-state index is -2.39. The van der Waals surface area contributed by atoms with Crippen molar-refractivity contribution in [2.24, 2.45) is 11.7 Å². The van der Waals surface area contributed by atoms with Gasteiger partial charge >= 0.3 is 0 Å². The van der Waals surface area contributed by atoms with Crippen molar-refractivity contribution < 1.29 is 127 Å². The SMILES string of the molecule is CNC(CC(C)C)C(=O)NC1C(=O)NC(CC(N)=O)C(=O)NC2C(=O)NC3C(=O)NC(C(=O)NC(C(=O)NOCCOC)c4cc(O)cc(O)c4-c4cc3ccc4O)C(O)c3ccc(c(Cl)c3)Oc3cc2cc(c3OC2OC(CO)C(O)C(O)C2OC2CC(C)(NCc3cncc(C(=O)Nc4cc(Cl)cc(Cl)c4)c3)C(O)C(C)O2)Oc2ccc(cc2Cl)C1O. The van der Waals surface area contributed by atoms with Gasteiger partial charge in [-0.2, -0.15) is 0 Å². The maximum atomic E-state index is 16.4. The summed E-state index contributed by atoms with van der Waals surface area (Å²) in [5, 5.41) is 130. The van der Waals surface area contributed by atoms with Crippen molar-refractivity contribution in [3.63, 3.8) is 0 Å². The number of carbonyl (C=O) groups excluding carboxylic acids is 9. The molecule has 18 atom stereocenters. The lowest BCUT2D eigenvalue weighted by Gasteiger charge is -2.48. The number of aliphatic hydroxyl groups excluding tert-OH is 6. The summed E-state index contributed by atoms with van der Waals surface area (Å²) in [6.07, 6.45) is -16.6. The Morgan fingerprint density at radius 2 is 1.34 bits per heavy atom. The van der Waals surface area contributed by atoms with Gasteiger partial charge in [0.05, 0.1) is 60.1 Å². The molecule has 0 spiro atoms. The number of aliphatic hydroxyl groups is 6. The number of hydroxylamine groups is 1. The van der Waals surface area contributed by atoms with Crippen LogP contribution < -0.4 is 73.3 Å². The number of amides is 9. The normalized spacial score (nSPS) is 26.1. The molecule has 0 saturated carbocycles. The van der Waals surface area contributed by atoms with Crippen LogP contribution in [0.4, 0.5) is 5.69 Å². The van der Waals surface area contributed by atoms with Crippen LogP contribution in [0.25, 0.3) is 11.1 Å². The van der Waals surface area contributed by atoms with Crippen molar-refractivity contribution >= 4 is 105 Å². The van der Waals surface area contributed by atoms with Gasteiger partial charge in [-0.05, 0) is 145 Å². The Morgan fingerprint density at radius 3 is 1.98 bits per heavy atom. The van der Waals surface area contributed by atoms with Gasteiger partial charge < -0.3 is 133 Å². The van der Waals surface area contributed by atoms with E-state index in [1.54, 1.807) is 13.0 Å². The van der Waals surface area contributed by atoms with E-state index < -0.39 is 243 Å². The number of rotatable bonds is 22. The third-order valence-electron chi connectivity index (χ3n) is 21.2. The summed E-state index contributed by atoms with van der Waals surface area (Å²) in [4.78, 5) is 143. The zero-order chi connectivity index (χ0) is 89.6. The number of phenols is 3. The number of anilines is 1. The smallest absolute Gasteiger partial charge is 0.270 e. The Bertz CT molecular complexity index is 5220. The van der Waals surface area contributed by atoms with E-state index >= 15 is 24.0 Å². The van der Waals surface area contributed by atoms with E-state index in [1.807, 2.05) is 13.8 Å². The average Bonchev–Trinajstić information content (AvgIpc) is 0.777. The molecule has 38 nitrogen and oxygen atoms in total. The fourth-order valence-electron chi connectivity index (χ4n) is 14.8. The van der Waals surface area contributed by atoms with Crippen LogP contribution in [0, 0.1) is 5.92 Å². The molecule has 7 aliphatic heterocycles. The summed E-state index contributed by atoms with van der Waals surface area (Å²) < 4.78 is 44.6. The Labute approximate surface area is 726 Å². The highest BCUT2D eigenvalue weighted by atomic mass is 35.5. The van der Waals surface area contributed by atoms with Crippen molar-refractivity contribution in [1.29, 1.82) is 0 Å². The predicted molar refractivity (Wildman–Crippen MR) is 439 cm³/mol. The van der Waals surface area contributed by atoms with Crippen LogP contribution in [-0.2, 0) is 68.7 Å². The number of phenolic OH excluding ortho intramolecular Hbond substituents is 3. The van der Waals surface area contributed by atoms with Crippen molar-refractivity contribution in [1.82, 2.24) is 53.0 Å². The lowest BCUT2D eigenvalue weighted by atomic mass is 9.84. The second kappa shape index (κ2) is 39.6. The molecule has 18 unspecified atom stereocenters. The topological polar surface area (TPSA) is 569 Å². The third-order valence-corrected chi connectivity index (χ3v) is 22.2. The van der Waals surface area contributed by atoms with Crippen LogP contribution in [0.5, 0.6) is 46.0 Å². The minimum absolute atomic E-state index is 0.0497. The first-order valence-electron chi connectivity index (χ1n) is 38.7. The molecule has 7 aromatic rings. The molecule has 42 heteroatoms. The van der Waals surface area contributed by atoms with E-state index in [0.717, 1.165) is 66.7 Å². The molecule has 21 N–H and O–H groups in total. The van der Waals surface area contributed by atoms with E-state index in [0.29, 0.717) is 11.3 Å². The first kappa shape index (κ1) is 92.3. The first-order chi connectivity index (χ1) is 58.9. The molecular formula is C82H90Cl4N12O26. The number of methoxy groups -OCH3 is 1. The maximum absolute atomic E-state index is 16.4. The lowest BCUT2D eigenvalue weighted by Crippen LogP contribution is -2.65. The zero-order valence-electron chi connectivity index (χ0n) is 66.8. The van der Waals surface area contributed by atoms with Crippen LogP contribution in [0.15, 0.2) is 116 Å². The lowest BCUT2D eigenvalue weighted by molar-refractivity contribution is -0.334. The van der Waals surface area contributed by atoms with Crippen molar-refractivity contribution in [3.8, 4) is 57.1 Å². The highest BCUT2D eigenvalue weighted by Gasteiger charge is 2.52. The number of likely N-dealkylation sites (N-methyl/N-ethyl adjacent to an activating group) is 1. The number of carbonyl (C=O) groups is 9. The number of halogens is 4. The molecule has 2 saturated heterocycles. The fraction of sp³-hybridized carbons (Fsp3) is 0.390. The predicted octanol–water partition coefficient (Wildman–Crippen LogP) is 3.50. The van der Waals surface area contributed by atoms with Crippen LogP contribution in [-0.4, -0.2) is 217 Å². The molecule has 6 aromatic carbocycles. The molecule has 124 heavy (non-hydrogen) atoms. The van der Waals surface area contributed by atoms with Gasteiger partial charge in [-0.25, -0.2) is 5.48 Å². The van der Waals surface area contributed by atoms with Crippen LogP contribution in [0.1, 0.15) is 121 Å². The molecule has 9 amide bonds. The summed E-state index contributed by atoms with van der Waals surface area (Å²) in [6, 6.07) is 5.58. The molecule has 14 rings (SSSR count). The van der Waals surface area contributed by atoms with Crippen molar-refractivity contribution in [2.75, 3.05) is 39.3 Å². The van der Waals surface area contributed by atoms with E-state index in [1.165, 1.54) is 63.8 Å². The number of aromatic nitrogens is 1.